The Morgan fingerprint density at radius 1 is 1.44 bits per heavy atom. The van der Waals surface area contributed by atoms with E-state index in [-0.39, 0.29) is 36.7 Å². The summed E-state index contributed by atoms with van der Waals surface area (Å²) in [5.41, 5.74) is 0.565. The van der Waals surface area contributed by atoms with Crippen molar-refractivity contribution in [2.75, 3.05) is 5.75 Å². The predicted molar refractivity (Wildman–Crippen MR) is 67.2 cm³/mol. The number of aromatic hydroxyl groups is 2. The Bertz CT molecular complexity index is 439. The van der Waals surface area contributed by atoms with Crippen LogP contribution in [0.4, 0.5) is 0 Å². The van der Waals surface area contributed by atoms with Crippen molar-refractivity contribution in [1.29, 1.82) is 0 Å². The number of benzene rings is 1. The van der Waals surface area contributed by atoms with Gasteiger partial charge in [-0.15, -0.1) is 0 Å². The summed E-state index contributed by atoms with van der Waals surface area (Å²) in [6, 6.07) is 3.33. The first-order chi connectivity index (χ1) is 8.04. The molecule has 0 spiro atoms. The van der Waals surface area contributed by atoms with E-state index in [4.69, 9.17) is 10.2 Å². The molecule has 0 fully saturated rings. The minimum atomic E-state index is -1.04. The number of aliphatic imine (C=N–C) groups is 1. The van der Waals surface area contributed by atoms with Crippen LogP contribution in [0.3, 0.4) is 0 Å². The van der Waals surface area contributed by atoms with Crippen LogP contribution in [0.2, 0.25) is 0 Å². The average molecular weight is 321 g/mol. The fraction of sp³-hybridized carbons (Fsp3) is 0.273. The molecule has 0 saturated heterocycles. The van der Waals surface area contributed by atoms with Crippen LogP contribution < -0.4 is 0 Å². The monoisotopic (exact) mass is 319 g/mol. The Morgan fingerprint density at radius 3 is 2.61 bits per heavy atom. The van der Waals surface area contributed by atoms with Gasteiger partial charge < -0.3 is 15.3 Å². The van der Waals surface area contributed by atoms with Crippen LogP contribution in [-0.2, 0) is 30.7 Å². The third kappa shape index (κ3) is 5.06. The molecule has 0 radical (unpaired) electrons. The van der Waals surface area contributed by atoms with Crippen LogP contribution >= 0.6 is 12.6 Å². The normalized spacial score (nSPS) is 12.1. The van der Waals surface area contributed by atoms with Crippen molar-refractivity contribution in [1.82, 2.24) is 0 Å². The number of thiol groups is 1. The first kappa shape index (κ1) is 16.9. The molecule has 0 saturated carbocycles. The molecule has 0 aliphatic carbocycles. The van der Waals surface area contributed by atoms with Gasteiger partial charge in [0.2, 0.25) is 0 Å². The molecule has 5 nitrogen and oxygen atoms in total. The van der Waals surface area contributed by atoms with E-state index < -0.39 is 12.0 Å². The van der Waals surface area contributed by atoms with Crippen molar-refractivity contribution in [3.8, 4) is 11.5 Å². The maximum absolute atomic E-state index is 10.6. The molecule has 0 amide bonds. The van der Waals surface area contributed by atoms with Crippen LogP contribution in [0.1, 0.15) is 5.56 Å². The molecule has 0 bridgehead atoms. The van der Waals surface area contributed by atoms with Crippen LogP contribution in [-0.4, -0.2) is 39.3 Å². The minimum absolute atomic E-state index is 0. The van der Waals surface area contributed by atoms with Crippen LogP contribution in [0.25, 0.3) is 0 Å². The van der Waals surface area contributed by atoms with Crippen molar-refractivity contribution >= 4 is 24.8 Å². The molecule has 1 aromatic rings. The SMILES string of the molecule is O=C(O)[C@H](CS)N=CCc1ccc(O)cc1O.[Zn]. The summed E-state index contributed by atoms with van der Waals surface area (Å²) >= 11 is 3.87. The van der Waals surface area contributed by atoms with Gasteiger partial charge >= 0.3 is 5.97 Å². The smallest absolute Gasteiger partial charge is 0.329 e. The van der Waals surface area contributed by atoms with Crippen molar-refractivity contribution in [3.63, 3.8) is 0 Å². The fourth-order valence-corrected chi connectivity index (χ4v) is 1.44. The molecule has 0 heterocycles. The molecule has 0 aliphatic heterocycles. The summed E-state index contributed by atoms with van der Waals surface area (Å²) in [6.45, 7) is 0. The van der Waals surface area contributed by atoms with E-state index in [1.54, 1.807) is 6.07 Å². The van der Waals surface area contributed by atoms with Gasteiger partial charge in [-0.05, 0) is 11.6 Å². The van der Waals surface area contributed by atoms with Gasteiger partial charge in [-0.1, -0.05) is 6.07 Å². The molecular formula is C11H13NO4SZn. The zero-order valence-electron chi connectivity index (χ0n) is 9.65. The maximum Gasteiger partial charge on any atom is 0.329 e. The molecule has 3 N–H and O–H groups in total. The predicted octanol–water partition coefficient (Wildman–Crippen LogP) is 1.09. The third-order valence-electron chi connectivity index (χ3n) is 2.12. The van der Waals surface area contributed by atoms with Crippen LogP contribution in [0.5, 0.6) is 11.5 Å². The largest absolute Gasteiger partial charge is 0.508 e. The topological polar surface area (TPSA) is 90.1 Å². The van der Waals surface area contributed by atoms with Crippen molar-refractivity contribution < 1.29 is 39.6 Å². The number of carboxylic acids is 1. The van der Waals surface area contributed by atoms with Gasteiger partial charge in [-0.25, -0.2) is 4.79 Å². The maximum atomic E-state index is 10.6. The van der Waals surface area contributed by atoms with E-state index in [2.05, 4.69) is 17.6 Å². The molecule has 94 valence electrons. The molecule has 1 rings (SSSR count). The van der Waals surface area contributed by atoms with Gasteiger partial charge in [0, 0.05) is 43.9 Å². The second kappa shape index (κ2) is 8.11. The molecule has 1 atom stereocenters. The van der Waals surface area contributed by atoms with E-state index in [1.807, 2.05) is 0 Å². The van der Waals surface area contributed by atoms with Crippen LogP contribution in [0.15, 0.2) is 23.2 Å². The number of carboxylic acid groups (broad SMARTS) is 1. The van der Waals surface area contributed by atoms with Gasteiger partial charge in [-0.2, -0.15) is 12.6 Å². The Labute approximate surface area is 123 Å². The second-order valence-corrected chi connectivity index (χ2v) is 3.75. The van der Waals surface area contributed by atoms with Gasteiger partial charge in [0.15, 0.2) is 6.04 Å². The van der Waals surface area contributed by atoms with Gasteiger partial charge in [0.05, 0.1) is 0 Å². The van der Waals surface area contributed by atoms with E-state index in [9.17, 15) is 9.90 Å². The van der Waals surface area contributed by atoms with E-state index in [0.717, 1.165) is 0 Å². The molecule has 0 unspecified atom stereocenters. The Hall–Kier alpha value is -1.07. The zero-order chi connectivity index (χ0) is 12.8. The number of hydrogen-bond acceptors (Lipinski definition) is 5. The van der Waals surface area contributed by atoms with E-state index in [1.165, 1.54) is 18.3 Å². The summed E-state index contributed by atoms with van der Waals surface area (Å²) < 4.78 is 0. The van der Waals surface area contributed by atoms with Crippen molar-refractivity contribution in [3.05, 3.63) is 23.8 Å². The van der Waals surface area contributed by atoms with Gasteiger partial charge in [0.25, 0.3) is 0 Å². The summed E-state index contributed by atoms with van der Waals surface area (Å²) in [6.07, 6.45) is 1.71. The summed E-state index contributed by atoms with van der Waals surface area (Å²) in [5.74, 6) is -0.991. The number of carbonyl (C=O) groups is 1. The number of aliphatic carboxylic acids is 1. The molecule has 0 aromatic heterocycles. The Kier molecular flexibility index (Phi) is 7.63. The summed E-state index contributed by atoms with van der Waals surface area (Å²) in [5, 5.41) is 27.3. The molecule has 18 heavy (non-hydrogen) atoms. The first-order valence-corrected chi connectivity index (χ1v) is 5.54. The zero-order valence-corrected chi connectivity index (χ0v) is 13.5. The third-order valence-corrected chi connectivity index (χ3v) is 2.47. The summed E-state index contributed by atoms with van der Waals surface area (Å²) in [7, 11) is 0. The van der Waals surface area contributed by atoms with E-state index in [0.29, 0.717) is 12.0 Å². The molecular weight excluding hydrogens is 308 g/mol. The number of phenolic OH excluding ortho intramolecular Hbond substituents is 2. The number of rotatable bonds is 5. The minimum Gasteiger partial charge on any atom is -0.508 e. The quantitative estimate of drug-likeness (QED) is 0.371. The molecule has 0 aliphatic rings. The summed E-state index contributed by atoms with van der Waals surface area (Å²) in [4.78, 5) is 14.5. The van der Waals surface area contributed by atoms with Crippen molar-refractivity contribution in [2.45, 2.75) is 12.5 Å². The first-order valence-electron chi connectivity index (χ1n) is 4.90. The Morgan fingerprint density at radius 2 is 2.11 bits per heavy atom. The standard InChI is InChI=1S/C11H13NO4S.Zn/c13-8-2-1-7(10(14)5-8)3-4-12-9(6-17)11(15)16;/h1-2,4-5,9,13-14,17H,3,6H2,(H,15,16);/t9-;/m0./s1. The molecule has 7 heteroatoms. The second-order valence-electron chi connectivity index (χ2n) is 3.39. The van der Waals surface area contributed by atoms with Crippen LogP contribution in [0, 0.1) is 0 Å². The number of hydrogen-bond donors (Lipinski definition) is 4. The number of phenols is 2. The van der Waals surface area contributed by atoms with Crippen molar-refractivity contribution in [2.24, 2.45) is 4.99 Å². The molecule has 1 aromatic carbocycles. The van der Waals surface area contributed by atoms with E-state index >= 15 is 0 Å². The van der Waals surface area contributed by atoms with Gasteiger partial charge in [0.1, 0.15) is 11.5 Å². The number of nitrogens with zero attached hydrogens (tertiary/aromatic N) is 1. The average Bonchev–Trinajstić information content (AvgIpc) is 2.26. The fourth-order valence-electron chi connectivity index (χ4n) is 1.19. The van der Waals surface area contributed by atoms with Gasteiger partial charge in [-0.3, -0.25) is 4.99 Å². The Balaban J connectivity index is 0.00000289.